The number of fused-ring (bicyclic) bond motifs is 10. The molecule has 0 unspecified atom stereocenters. The van der Waals surface area contributed by atoms with Crippen molar-refractivity contribution in [2.24, 2.45) is 0 Å². The highest BCUT2D eigenvalue weighted by atomic mass is 32.1. The maximum Gasteiger partial charge on any atom is 0.0555 e. The lowest BCUT2D eigenvalue weighted by molar-refractivity contribution is 1.17. The normalized spacial score (nSPS) is 11.8. The number of thiophene rings is 1. The molecule has 0 fully saturated rings. The van der Waals surface area contributed by atoms with Crippen molar-refractivity contribution < 1.29 is 0 Å². The van der Waals surface area contributed by atoms with Crippen LogP contribution in [-0.2, 0) is 0 Å². The smallest absolute Gasteiger partial charge is 0.0555 e. The average Bonchev–Trinajstić information content (AvgIpc) is 3.95. The van der Waals surface area contributed by atoms with E-state index in [0.717, 1.165) is 22.7 Å². The molecule has 3 nitrogen and oxygen atoms in total. The first-order valence-electron chi connectivity index (χ1n) is 19.8. The van der Waals surface area contributed by atoms with Gasteiger partial charge in [-0.25, -0.2) is 0 Å². The van der Waals surface area contributed by atoms with E-state index in [4.69, 9.17) is 0 Å². The van der Waals surface area contributed by atoms with Crippen LogP contribution < -0.4 is 4.90 Å². The van der Waals surface area contributed by atoms with Gasteiger partial charge in [-0.15, -0.1) is 11.3 Å². The van der Waals surface area contributed by atoms with Gasteiger partial charge in [-0.3, -0.25) is 0 Å². The summed E-state index contributed by atoms with van der Waals surface area (Å²) in [4.78, 5) is 2.34. The Morgan fingerprint density at radius 3 is 1.60 bits per heavy atom. The third-order valence-electron chi connectivity index (χ3n) is 11.7. The van der Waals surface area contributed by atoms with Gasteiger partial charge in [0.15, 0.2) is 0 Å². The van der Waals surface area contributed by atoms with Crippen LogP contribution in [0.15, 0.2) is 212 Å². The minimum absolute atomic E-state index is 1.10. The zero-order valence-electron chi connectivity index (χ0n) is 31.5. The Bertz CT molecular complexity index is 3480. The standard InChI is InChI=1S/C54H35N3S/c1-3-13-38(14-4-1)55(40-26-23-36(24-27-40)37-25-33-50-47(35-37)43-17-7-10-20-48(43)56(50)39-15-5-2-6-16-39)41-28-30-42(31-29-41)57-49-21-11-8-19-46(49)53-51(57)34-32-45-44-18-9-12-22-52(44)58-54(45)53/h1-35H. The fourth-order valence-electron chi connectivity index (χ4n) is 9.10. The quantitative estimate of drug-likeness (QED) is 0.165. The Morgan fingerprint density at radius 2 is 0.845 bits per heavy atom. The van der Waals surface area contributed by atoms with Crippen molar-refractivity contribution in [3.63, 3.8) is 0 Å². The molecule has 0 atom stereocenters. The molecule has 272 valence electrons. The van der Waals surface area contributed by atoms with Crippen LogP contribution in [0.4, 0.5) is 17.1 Å². The lowest BCUT2D eigenvalue weighted by atomic mass is 10.0. The molecule has 0 radical (unpaired) electrons. The second-order valence-electron chi connectivity index (χ2n) is 14.9. The summed E-state index contributed by atoms with van der Waals surface area (Å²) in [5, 5.41) is 7.77. The average molecular weight is 758 g/mol. The molecule has 0 bridgehead atoms. The number of nitrogens with zero attached hydrogens (tertiary/aromatic N) is 3. The Hall–Kier alpha value is -7.40. The van der Waals surface area contributed by atoms with Gasteiger partial charge in [-0.05, 0) is 108 Å². The number of para-hydroxylation sites is 4. The Morgan fingerprint density at radius 1 is 0.328 bits per heavy atom. The highest BCUT2D eigenvalue weighted by molar-refractivity contribution is 7.26. The van der Waals surface area contributed by atoms with Crippen LogP contribution in [-0.4, -0.2) is 9.13 Å². The van der Waals surface area contributed by atoms with Crippen molar-refractivity contribution in [3.05, 3.63) is 212 Å². The molecule has 3 heterocycles. The summed E-state index contributed by atoms with van der Waals surface area (Å²) in [6, 6.07) is 77.1. The van der Waals surface area contributed by atoms with Crippen molar-refractivity contribution in [2.45, 2.75) is 0 Å². The van der Waals surface area contributed by atoms with Crippen LogP contribution in [0.5, 0.6) is 0 Å². The molecule has 0 saturated heterocycles. The van der Waals surface area contributed by atoms with Gasteiger partial charge in [-0.2, -0.15) is 0 Å². The van der Waals surface area contributed by atoms with E-state index in [9.17, 15) is 0 Å². The SMILES string of the molecule is c1ccc(N(c2ccc(-c3ccc4c(c3)c3ccccc3n4-c3ccccc3)cc2)c2ccc(-n3c4ccccc4c4c5sc6ccccc6c5ccc43)cc2)cc1. The molecule has 0 amide bonds. The summed E-state index contributed by atoms with van der Waals surface area (Å²) in [6.45, 7) is 0. The van der Waals surface area contributed by atoms with Gasteiger partial charge in [-0.1, -0.05) is 115 Å². The molecule has 0 saturated carbocycles. The van der Waals surface area contributed by atoms with Crippen LogP contribution in [0.2, 0.25) is 0 Å². The number of hydrogen-bond acceptors (Lipinski definition) is 2. The number of aromatic nitrogens is 2. The molecular formula is C54H35N3S. The first-order valence-corrected chi connectivity index (χ1v) is 20.6. The second-order valence-corrected chi connectivity index (χ2v) is 16.0. The molecule has 3 aromatic heterocycles. The maximum absolute atomic E-state index is 2.42. The summed E-state index contributed by atoms with van der Waals surface area (Å²) in [6.07, 6.45) is 0. The van der Waals surface area contributed by atoms with Crippen LogP contribution in [0, 0.1) is 0 Å². The first-order chi connectivity index (χ1) is 28.8. The topological polar surface area (TPSA) is 13.1 Å². The highest BCUT2D eigenvalue weighted by Crippen LogP contribution is 2.44. The zero-order valence-corrected chi connectivity index (χ0v) is 32.3. The molecule has 12 rings (SSSR count). The maximum atomic E-state index is 2.42. The molecule has 0 aliphatic rings. The van der Waals surface area contributed by atoms with E-state index < -0.39 is 0 Å². The number of benzene rings is 9. The largest absolute Gasteiger partial charge is 0.311 e. The van der Waals surface area contributed by atoms with E-state index in [2.05, 4.69) is 226 Å². The number of anilines is 3. The third-order valence-corrected chi connectivity index (χ3v) is 12.9. The zero-order chi connectivity index (χ0) is 38.2. The molecular weight excluding hydrogens is 723 g/mol. The van der Waals surface area contributed by atoms with Gasteiger partial charge in [0.2, 0.25) is 0 Å². The molecule has 12 aromatic rings. The predicted octanol–water partition coefficient (Wildman–Crippen LogP) is 15.4. The summed E-state index contributed by atoms with van der Waals surface area (Å²) in [5.74, 6) is 0. The Kier molecular flexibility index (Phi) is 7.40. The van der Waals surface area contributed by atoms with Gasteiger partial charge in [0.25, 0.3) is 0 Å². The minimum atomic E-state index is 1.10. The van der Waals surface area contributed by atoms with Crippen LogP contribution in [0.3, 0.4) is 0 Å². The van der Waals surface area contributed by atoms with Gasteiger partial charge < -0.3 is 14.0 Å². The van der Waals surface area contributed by atoms with E-state index in [1.165, 1.54) is 80.6 Å². The molecule has 0 aliphatic heterocycles. The van der Waals surface area contributed by atoms with E-state index in [1.54, 1.807) is 0 Å². The van der Waals surface area contributed by atoms with Gasteiger partial charge in [0.1, 0.15) is 0 Å². The van der Waals surface area contributed by atoms with Crippen LogP contribution in [0.25, 0.3) is 86.3 Å². The summed E-state index contributed by atoms with van der Waals surface area (Å²) >= 11 is 1.90. The lowest BCUT2D eigenvalue weighted by Gasteiger charge is -2.26. The fourth-order valence-corrected chi connectivity index (χ4v) is 10.4. The second kappa shape index (κ2) is 13.1. The third kappa shape index (κ3) is 5.05. The van der Waals surface area contributed by atoms with Crippen molar-refractivity contribution in [1.29, 1.82) is 0 Å². The molecule has 0 aliphatic carbocycles. The number of rotatable bonds is 6. The molecule has 0 N–H and O–H groups in total. The van der Waals surface area contributed by atoms with Crippen molar-refractivity contribution in [3.8, 4) is 22.5 Å². The van der Waals surface area contributed by atoms with Crippen molar-refractivity contribution >= 4 is 92.2 Å². The highest BCUT2D eigenvalue weighted by Gasteiger charge is 2.19. The van der Waals surface area contributed by atoms with E-state index in [0.29, 0.717) is 0 Å². The summed E-state index contributed by atoms with van der Waals surface area (Å²) < 4.78 is 7.47. The van der Waals surface area contributed by atoms with Gasteiger partial charge >= 0.3 is 0 Å². The molecule has 4 heteroatoms. The monoisotopic (exact) mass is 757 g/mol. The lowest BCUT2D eigenvalue weighted by Crippen LogP contribution is -2.10. The van der Waals surface area contributed by atoms with Crippen LogP contribution in [0.1, 0.15) is 0 Å². The van der Waals surface area contributed by atoms with E-state index in [1.807, 2.05) is 11.3 Å². The molecule has 58 heavy (non-hydrogen) atoms. The van der Waals surface area contributed by atoms with Crippen LogP contribution >= 0.6 is 11.3 Å². The number of hydrogen-bond donors (Lipinski definition) is 0. The van der Waals surface area contributed by atoms with Gasteiger partial charge in [0, 0.05) is 70.2 Å². The minimum Gasteiger partial charge on any atom is -0.311 e. The van der Waals surface area contributed by atoms with Gasteiger partial charge in [0.05, 0.1) is 22.1 Å². The Labute approximate surface area is 339 Å². The van der Waals surface area contributed by atoms with E-state index in [-0.39, 0.29) is 0 Å². The summed E-state index contributed by atoms with van der Waals surface area (Å²) in [5.41, 5.74) is 12.9. The predicted molar refractivity (Wildman–Crippen MR) is 248 cm³/mol. The summed E-state index contributed by atoms with van der Waals surface area (Å²) in [7, 11) is 0. The molecule has 0 spiro atoms. The fraction of sp³-hybridized carbons (Fsp3) is 0. The Balaban J connectivity index is 0.937. The first kappa shape index (κ1) is 32.8. The molecule has 9 aromatic carbocycles. The van der Waals surface area contributed by atoms with Crippen molar-refractivity contribution in [2.75, 3.05) is 4.90 Å². The van der Waals surface area contributed by atoms with Crippen molar-refractivity contribution in [1.82, 2.24) is 9.13 Å². The van der Waals surface area contributed by atoms with E-state index >= 15 is 0 Å².